The molecule has 0 unspecified atom stereocenters. The maximum atomic E-state index is 6.54. The van der Waals surface area contributed by atoms with Gasteiger partial charge in [-0.2, -0.15) is 0 Å². The standard InChI is InChI=1S/C53H33NO/c1-3-18-37(19-4-1)53(38-20-5-2-6-21-38)46-30-29-43-41-23-9-11-27-48(41)54(51(43)50(46)45-32-34-15-7-8-16-35(34)33-47(45)53)39-22-13-17-36(31-39)40-25-14-26-44-42-24-10-12-28-49(42)55-52(40)44/h1-33H. The third kappa shape index (κ3) is 4.14. The van der Waals surface area contributed by atoms with Crippen molar-refractivity contribution in [3.63, 3.8) is 0 Å². The van der Waals surface area contributed by atoms with Gasteiger partial charge in [0.2, 0.25) is 0 Å². The summed E-state index contributed by atoms with van der Waals surface area (Å²) in [6, 6.07) is 73.4. The van der Waals surface area contributed by atoms with Crippen molar-refractivity contribution in [3.05, 3.63) is 222 Å². The molecule has 0 radical (unpaired) electrons. The van der Waals surface area contributed by atoms with Crippen LogP contribution in [-0.2, 0) is 5.41 Å². The number of furan rings is 1. The Bertz CT molecular complexity index is 3270. The van der Waals surface area contributed by atoms with Crippen molar-refractivity contribution in [1.82, 2.24) is 4.57 Å². The Balaban J connectivity index is 1.21. The third-order valence-corrected chi connectivity index (χ3v) is 12.0. The second-order valence-electron chi connectivity index (χ2n) is 14.8. The number of hydrogen-bond acceptors (Lipinski definition) is 1. The SMILES string of the molecule is c1ccc(C2(c3ccccc3)c3cc4ccccc4cc3-c3c2ccc2c4ccccc4n(-c4cccc(-c5cccc6c5oc5ccccc56)c4)c32)cc1. The molecule has 0 atom stereocenters. The highest BCUT2D eigenvalue weighted by atomic mass is 16.3. The van der Waals surface area contributed by atoms with E-state index in [1.165, 1.54) is 66.0 Å². The molecule has 0 N–H and O–H groups in total. The molecule has 9 aromatic carbocycles. The van der Waals surface area contributed by atoms with E-state index >= 15 is 0 Å². The highest BCUT2D eigenvalue weighted by Gasteiger charge is 2.47. The summed E-state index contributed by atoms with van der Waals surface area (Å²) in [5, 5.41) is 7.24. The molecule has 1 aliphatic rings. The first kappa shape index (κ1) is 30.3. The zero-order valence-corrected chi connectivity index (χ0v) is 29.9. The first-order chi connectivity index (χ1) is 27.3. The minimum Gasteiger partial charge on any atom is -0.455 e. The maximum Gasteiger partial charge on any atom is 0.143 e. The van der Waals surface area contributed by atoms with Crippen molar-refractivity contribution in [2.75, 3.05) is 0 Å². The Labute approximate surface area is 318 Å². The van der Waals surface area contributed by atoms with Crippen LogP contribution in [0.15, 0.2) is 205 Å². The number of hydrogen-bond donors (Lipinski definition) is 0. The fraction of sp³-hybridized carbons (Fsp3) is 0.0189. The minimum absolute atomic E-state index is 0.522. The van der Waals surface area contributed by atoms with Crippen LogP contribution in [0.1, 0.15) is 22.3 Å². The topological polar surface area (TPSA) is 18.1 Å². The van der Waals surface area contributed by atoms with E-state index in [0.29, 0.717) is 0 Å². The fourth-order valence-electron chi connectivity index (χ4n) is 9.77. The van der Waals surface area contributed by atoms with Crippen molar-refractivity contribution < 1.29 is 4.42 Å². The van der Waals surface area contributed by atoms with E-state index in [9.17, 15) is 0 Å². The molecule has 0 amide bonds. The van der Waals surface area contributed by atoms with Gasteiger partial charge in [0.1, 0.15) is 11.2 Å². The largest absolute Gasteiger partial charge is 0.455 e. The summed E-state index contributed by atoms with van der Waals surface area (Å²) < 4.78 is 9.05. The molecule has 0 saturated heterocycles. The first-order valence-corrected chi connectivity index (χ1v) is 19.0. The van der Waals surface area contributed by atoms with E-state index in [2.05, 4.69) is 199 Å². The summed E-state index contributed by atoms with van der Waals surface area (Å²) in [5.41, 5.74) is 14.7. The van der Waals surface area contributed by atoms with Crippen LogP contribution in [-0.4, -0.2) is 4.57 Å². The molecule has 1 aliphatic carbocycles. The van der Waals surface area contributed by atoms with E-state index in [1.807, 2.05) is 6.07 Å². The molecule has 256 valence electrons. The molecule has 55 heavy (non-hydrogen) atoms. The zero-order valence-electron chi connectivity index (χ0n) is 29.9. The highest BCUT2D eigenvalue weighted by Crippen LogP contribution is 2.59. The Morgan fingerprint density at radius 2 is 1.07 bits per heavy atom. The van der Waals surface area contributed by atoms with Gasteiger partial charge in [-0.1, -0.05) is 164 Å². The van der Waals surface area contributed by atoms with E-state index in [-0.39, 0.29) is 0 Å². The highest BCUT2D eigenvalue weighted by molar-refractivity contribution is 6.17. The lowest BCUT2D eigenvalue weighted by atomic mass is 9.67. The molecule has 12 rings (SSSR count). The predicted octanol–water partition coefficient (Wildman–Crippen LogP) is 13.9. The summed E-state index contributed by atoms with van der Waals surface area (Å²) in [7, 11) is 0. The first-order valence-electron chi connectivity index (χ1n) is 19.0. The van der Waals surface area contributed by atoms with Crippen LogP contribution in [0.4, 0.5) is 0 Å². The zero-order chi connectivity index (χ0) is 36.1. The number of para-hydroxylation sites is 3. The molecule has 0 saturated carbocycles. The molecule has 0 fully saturated rings. The van der Waals surface area contributed by atoms with Crippen molar-refractivity contribution >= 4 is 54.5 Å². The molecule has 0 bridgehead atoms. The molecule has 2 heterocycles. The van der Waals surface area contributed by atoms with Gasteiger partial charge in [-0.05, 0) is 80.6 Å². The van der Waals surface area contributed by atoms with Gasteiger partial charge in [-0.3, -0.25) is 0 Å². The van der Waals surface area contributed by atoms with Crippen LogP contribution >= 0.6 is 0 Å². The number of aromatic nitrogens is 1. The van der Waals surface area contributed by atoms with Gasteiger partial charge in [0.15, 0.2) is 0 Å². The monoisotopic (exact) mass is 699 g/mol. The lowest BCUT2D eigenvalue weighted by Crippen LogP contribution is -2.28. The van der Waals surface area contributed by atoms with Crippen LogP contribution in [0.25, 0.3) is 82.5 Å². The number of nitrogens with zero attached hydrogens (tertiary/aromatic N) is 1. The average Bonchev–Trinajstić information content (AvgIpc) is 3.90. The lowest BCUT2D eigenvalue weighted by molar-refractivity contribution is 0.670. The Hall–Kier alpha value is -7.16. The quantitative estimate of drug-likeness (QED) is 0.179. The van der Waals surface area contributed by atoms with Crippen molar-refractivity contribution in [2.45, 2.75) is 5.41 Å². The number of rotatable bonds is 4. The van der Waals surface area contributed by atoms with Gasteiger partial charge in [-0.15, -0.1) is 0 Å². The predicted molar refractivity (Wildman–Crippen MR) is 228 cm³/mol. The Morgan fingerprint density at radius 1 is 0.418 bits per heavy atom. The van der Waals surface area contributed by atoms with Crippen molar-refractivity contribution in [3.8, 4) is 27.9 Å². The summed E-state index contributed by atoms with van der Waals surface area (Å²) >= 11 is 0. The average molecular weight is 700 g/mol. The van der Waals surface area contributed by atoms with Crippen LogP contribution in [0.5, 0.6) is 0 Å². The van der Waals surface area contributed by atoms with Crippen LogP contribution in [0.3, 0.4) is 0 Å². The lowest BCUT2D eigenvalue weighted by Gasteiger charge is -2.34. The molecule has 11 aromatic rings. The summed E-state index contributed by atoms with van der Waals surface area (Å²) in [6.45, 7) is 0. The number of benzene rings is 9. The van der Waals surface area contributed by atoms with E-state index in [1.54, 1.807) is 0 Å². The summed E-state index contributed by atoms with van der Waals surface area (Å²) in [6.07, 6.45) is 0. The van der Waals surface area contributed by atoms with Gasteiger partial charge in [0, 0.05) is 38.4 Å². The van der Waals surface area contributed by atoms with Gasteiger partial charge < -0.3 is 8.98 Å². The molecular formula is C53H33NO. The van der Waals surface area contributed by atoms with E-state index in [0.717, 1.165) is 38.8 Å². The smallest absolute Gasteiger partial charge is 0.143 e. The van der Waals surface area contributed by atoms with Crippen molar-refractivity contribution in [1.29, 1.82) is 0 Å². The molecule has 0 spiro atoms. The van der Waals surface area contributed by atoms with Crippen LogP contribution in [0, 0.1) is 0 Å². The van der Waals surface area contributed by atoms with Crippen LogP contribution in [0.2, 0.25) is 0 Å². The van der Waals surface area contributed by atoms with E-state index < -0.39 is 5.41 Å². The summed E-state index contributed by atoms with van der Waals surface area (Å²) in [5.74, 6) is 0. The summed E-state index contributed by atoms with van der Waals surface area (Å²) in [4.78, 5) is 0. The molecule has 0 aliphatic heterocycles. The molecular weight excluding hydrogens is 667 g/mol. The van der Waals surface area contributed by atoms with Crippen molar-refractivity contribution in [2.24, 2.45) is 0 Å². The normalized spacial score (nSPS) is 13.2. The van der Waals surface area contributed by atoms with Gasteiger partial charge in [0.25, 0.3) is 0 Å². The number of fused-ring (bicyclic) bond motifs is 11. The Kier molecular flexibility index (Phi) is 6.29. The van der Waals surface area contributed by atoms with Gasteiger partial charge >= 0.3 is 0 Å². The maximum absolute atomic E-state index is 6.54. The third-order valence-electron chi connectivity index (χ3n) is 12.0. The minimum atomic E-state index is -0.522. The molecule has 2 nitrogen and oxygen atoms in total. The van der Waals surface area contributed by atoms with Crippen LogP contribution < -0.4 is 0 Å². The fourth-order valence-corrected chi connectivity index (χ4v) is 9.77. The second-order valence-corrected chi connectivity index (χ2v) is 14.8. The van der Waals surface area contributed by atoms with E-state index in [4.69, 9.17) is 4.42 Å². The second kappa shape index (κ2) is 11.4. The molecule has 2 aromatic heterocycles. The molecule has 2 heteroatoms. The Morgan fingerprint density at radius 3 is 1.87 bits per heavy atom. The van der Waals surface area contributed by atoms with Gasteiger partial charge in [-0.25, -0.2) is 0 Å². The van der Waals surface area contributed by atoms with Gasteiger partial charge in [0.05, 0.1) is 16.4 Å².